The molecule has 1 aliphatic rings. The first kappa shape index (κ1) is 17.0. The Kier molecular flexibility index (Phi) is 6.14. The first-order chi connectivity index (χ1) is 11.0. The molecule has 1 fully saturated rings. The Morgan fingerprint density at radius 2 is 1.78 bits per heavy atom. The summed E-state index contributed by atoms with van der Waals surface area (Å²) in [4.78, 5) is 34.5. The highest BCUT2D eigenvalue weighted by molar-refractivity contribution is 5.94. The molecule has 0 aromatic heterocycles. The fourth-order valence-electron chi connectivity index (χ4n) is 2.73. The Hall–Kier alpha value is -2.37. The van der Waals surface area contributed by atoms with Crippen LogP contribution in [0.25, 0.3) is 0 Å². The summed E-state index contributed by atoms with van der Waals surface area (Å²) in [5.41, 5.74) is 1.13. The Bertz CT molecular complexity index is 580. The third-order valence-corrected chi connectivity index (χ3v) is 3.76. The van der Waals surface area contributed by atoms with E-state index in [2.05, 4.69) is 10.6 Å². The number of carbonyl (C=O) groups is 3. The fraction of sp³-hybridized carbons (Fsp3) is 0.471. The van der Waals surface area contributed by atoms with E-state index in [0.29, 0.717) is 23.7 Å². The fourth-order valence-corrected chi connectivity index (χ4v) is 2.73. The predicted octanol–water partition coefficient (Wildman–Crippen LogP) is 2.71. The summed E-state index contributed by atoms with van der Waals surface area (Å²) in [7, 11) is 0. The molecule has 1 saturated carbocycles. The molecule has 1 aromatic carbocycles. The molecule has 124 valence electrons. The predicted molar refractivity (Wildman–Crippen MR) is 86.9 cm³/mol. The molecule has 0 bridgehead atoms. The third kappa shape index (κ3) is 6.10. The molecule has 2 rings (SSSR count). The van der Waals surface area contributed by atoms with Crippen molar-refractivity contribution in [1.82, 2.24) is 0 Å². The van der Waals surface area contributed by atoms with Crippen LogP contribution in [0.5, 0.6) is 0 Å². The highest BCUT2D eigenvalue weighted by atomic mass is 16.5. The second-order valence-electron chi connectivity index (χ2n) is 5.83. The Morgan fingerprint density at radius 3 is 2.43 bits per heavy atom. The second kappa shape index (κ2) is 8.31. The lowest BCUT2D eigenvalue weighted by Gasteiger charge is -2.10. The first-order valence-corrected chi connectivity index (χ1v) is 7.86. The molecule has 1 aliphatic carbocycles. The van der Waals surface area contributed by atoms with Gasteiger partial charge >= 0.3 is 5.97 Å². The average molecular weight is 318 g/mol. The van der Waals surface area contributed by atoms with Gasteiger partial charge in [0.25, 0.3) is 5.91 Å². The molecule has 2 amide bonds. The van der Waals surface area contributed by atoms with Crippen molar-refractivity contribution in [2.75, 3.05) is 17.2 Å². The number of nitrogens with one attached hydrogen (secondary N) is 2. The van der Waals surface area contributed by atoms with Gasteiger partial charge in [0.15, 0.2) is 6.61 Å². The quantitative estimate of drug-likeness (QED) is 0.790. The molecular formula is C17H22N2O4. The molecule has 0 spiro atoms. The van der Waals surface area contributed by atoms with Crippen LogP contribution in [0.15, 0.2) is 24.3 Å². The lowest BCUT2D eigenvalue weighted by atomic mass is 10.1. The van der Waals surface area contributed by atoms with Crippen molar-refractivity contribution in [2.45, 2.75) is 39.0 Å². The molecule has 0 saturated heterocycles. The number of ether oxygens (including phenoxy) is 1. The van der Waals surface area contributed by atoms with Crippen LogP contribution in [0.3, 0.4) is 0 Å². The number of rotatable bonds is 6. The number of amides is 2. The van der Waals surface area contributed by atoms with E-state index < -0.39 is 5.91 Å². The lowest BCUT2D eigenvalue weighted by Crippen LogP contribution is -2.21. The molecular weight excluding hydrogens is 296 g/mol. The van der Waals surface area contributed by atoms with Crippen molar-refractivity contribution >= 4 is 29.2 Å². The van der Waals surface area contributed by atoms with E-state index in [-0.39, 0.29) is 18.5 Å². The zero-order chi connectivity index (χ0) is 16.7. The SMILES string of the molecule is CC(=O)Nc1cccc(NC(=O)COC(=O)CC2CCCC2)c1. The van der Waals surface area contributed by atoms with E-state index >= 15 is 0 Å². The highest BCUT2D eigenvalue weighted by Gasteiger charge is 2.19. The maximum Gasteiger partial charge on any atom is 0.306 e. The number of hydrogen-bond donors (Lipinski definition) is 2. The van der Waals surface area contributed by atoms with Crippen molar-refractivity contribution in [1.29, 1.82) is 0 Å². The zero-order valence-corrected chi connectivity index (χ0v) is 13.3. The maximum absolute atomic E-state index is 11.8. The van der Waals surface area contributed by atoms with Crippen molar-refractivity contribution in [3.63, 3.8) is 0 Å². The molecule has 23 heavy (non-hydrogen) atoms. The van der Waals surface area contributed by atoms with Crippen LogP contribution >= 0.6 is 0 Å². The Balaban J connectivity index is 1.75. The number of esters is 1. The van der Waals surface area contributed by atoms with Gasteiger partial charge in [-0.1, -0.05) is 18.9 Å². The summed E-state index contributed by atoms with van der Waals surface area (Å²) in [6, 6.07) is 6.77. The smallest absolute Gasteiger partial charge is 0.306 e. The van der Waals surface area contributed by atoms with Gasteiger partial charge in [0.2, 0.25) is 5.91 Å². The van der Waals surface area contributed by atoms with Gasteiger partial charge in [0.05, 0.1) is 0 Å². The van der Waals surface area contributed by atoms with Gasteiger partial charge in [-0.15, -0.1) is 0 Å². The molecule has 1 aromatic rings. The van der Waals surface area contributed by atoms with Gasteiger partial charge in [-0.3, -0.25) is 14.4 Å². The minimum Gasteiger partial charge on any atom is -0.456 e. The summed E-state index contributed by atoms with van der Waals surface area (Å²) < 4.78 is 5.01. The van der Waals surface area contributed by atoms with Gasteiger partial charge < -0.3 is 15.4 Å². The number of hydrogen-bond acceptors (Lipinski definition) is 4. The van der Waals surface area contributed by atoms with Gasteiger partial charge in [-0.05, 0) is 37.0 Å². The van der Waals surface area contributed by atoms with Crippen LogP contribution in [0.2, 0.25) is 0 Å². The van der Waals surface area contributed by atoms with Crippen LogP contribution < -0.4 is 10.6 Å². The summed E-state index contributed by atoms with van der Waals surface area (Å²) in [6.45, 7) is 1.12. The molecule has 0 unspecified atom stereocenters. The number of carbonyl (C=O) groups excluding carboxylic acids is 3. The minimum absolute atomic E-state index is 0.186. The van der Waals surface area contributed by atoms with Crippen molar-refractivity contribution in [3.8, 4) is 0 Å². The standard InChI is InChI=1S/C17H22N2O4/c1-12(20)18-14-7-4-8-15(10-14)19-16(21)11-23-17(22)9-13-5-2-3-6-13/h4,7-8,10,13H,2-3,5-6,9,11H2,1H3,(H,18,20)(H,19,21). The van der Waals surface area contributed by atoms with E-state index in [4.69, 9.17) is 4.74 Å². The molecule has 0 aliphatic heterocycles. The molecule has 6 nitrogen and oxygen atoms in total. The minimum atomic E-state index is -0.398. The van der Waals surface area contributed by atoms with Gasteiger partial charge in [0.1, 0.15) is 0 Å². The van der Waals surface area contributed by atoms with E-state index in [1.165, 1.54) is 19.8 Å². The largest absolute Gasteiger partial charge is 0.456 e. The maximum atomic E-state index is 11.8. The number of benzene rings is 1. The van der Waals surface area contributed by atoms with Gasteiger partial charge in [-0.25, -0.2) is 0 Å². The normalized spacial score (nSPS) is 14.3. The molecule has 0 atom stereocenters. The van der Waals surface area contributed by atoms with E-state index in [1.54, 1.807) is 24.3 Å². The Morgan fingerprint density at radius 1 is 1.13 bits per heavy atom. The van der Waals surface area contributed by atoms with Gasteiger partial charge in [0, 0.05) is 24.7 Å². The molecule has 0 radical (unpaired) electrons. The zero-order valence-electron chi connectivity index (χ0n) is 13.3. The molecule has 6 heteroatoms. The van der Waals surface area contributed by atoms with E-state index in [0.717, 1.165) is 12.8 Å². The summed E-state index contributed by atoms with van der Waals surface area (Å²) >= 11 is 0. The first-order valence-electron chi connectivity index (χ1n) is 7.86. The summed E-state index contributed by atoms with van der Waals surface area (Å²) in [5, 5.41) is 5.27. The van der Waals surface area contributed by atoms with Crippen LogP contribution in [0.4, 0.5) is 11.4 Å². The van der Waals surface area contributed by atoms with Crippen molar-refractivity contribution < 1.29 is 19.1 Å². The Labute approximate surface area is 135 Å². The third-order valence-electron chi connectivity index (χ3n) is 3.76. The highest BCUT2D eigenvalue weighted by Crippen LogP contribution is 2.27. The van der Waals surface area contributed by atoms with Crippen LogP contribution in [-0.4, -0.2) is 24.4 Å². The average Bonchev–Trinajstić information content (AvgIpc) is 2.98. The summed E-state index contributed by atoms with van der Waals surface area (Å²) in [5.74, 6) is -0.502. The van der Waals surface area contributed by atoms with Crippen LogP contribution in [0.1, 0.15) is 39.0 Å². The van der Waals surface area contributed by atoms with E-state index in [1.807, 2.05) is 0 Å². The van der Waals surface area contributed by atoms with Crippen molar-refractivity contribution in [3.05, 3.63) is 24.3 Å². The topological polar surface area (TPSA) is 84.5 Å². The van der Waals surface area contributed by atoms with Gasteiger partial charge in [-0.2, -0.15) is 0 Å². The monoisotopic (exact) mass is 318 g/mol. The summed E-state index contributed by atoms with van der Waals surface area (Å²) in [6.07, 6.45) is 4.87. The van der Waals surface area contributed by atoms with Crippen LogP contribution in [0, 0.1) is 5.92 Å². The molecule has 2 N–H and O–H groups in total. The number of anilines is 2. The molecule has 0 heterocycles. The van der Waals surface area contributed by atoms with E-state index in [9.17, 15) is 14.4 Å². The van der Waals surface area contributed by atoms with Crippen molar-refractivity contribution in [2.24, 2.45) is 5.92 Å². The lowest BCUT2D eigenvalue weighted by molar-refractivity contribution is -0.148. The second-order valence-corrected chi connectivity index (χ2v) is 5.83. The van der Waals surface area contributed by atoms with Crippen LogP contribution in [-0.2, 0) is 19.1 Å².